The summed E-state index contributed by atoms with van der Waals surface area (Å²) < 4.78 is 2.45. The van der Waals surface area contributed by atoms with E-state index in [0.29, 0.717) is 0 Å². The van der Waals surface area contributed by atoms with Gasteiger partial charge in [0.2, 0.25) is 0 Å². The Kier molecular flexibility index (Phi) is 1.37. The zero-order valence-electron chi connectivity index (χ0n) is 6.82. The van der Waals surface area contributed by atoms with Crippen LogP contribution in [0, 0.1) is 6.07 Å². The van der Waals surface area contributed by atoms with E-state index in [1.165, 1.54) is 20.2 Å². The summed E-state index contributed by atoms with van der Waals surface area (Å²) in [6, 6.07) is 11.4. The minimum atomic E-state index is 1.21. The first-order chi connectivity index (χ1) is 6.45. The lowest BCUT2D eigenvalue weighted by Crippen LogP contribution is -1.67. The zero-order chi connectivity index (χ0) is 8.67. The Morgan fingerprint density at radius 1 is 1.23 bits per heavy atom. The molecule has 2 heteroatoms. The normalized spacial score (nSPS) is 11.1. The molecule has 2 aromatic heterocycles. The van der Waals surface area contributed by atoms with Crippen LogP contribution in [0.2, 0.25) is 0 Å². The molecule has 2 heterocycles. The molecule has 0 aliphatic carbocycles. The quantitative estimate of drug-likeness (QED) is 0.522. The van der Waals surface area contributed by atoms with Gasteiger partial charge in [-0.15, -0.1) is 11.3 Å². The largest absolute Gasteiger partial charge is 0.263 e. The monoisotopic (exact) mass is 184 g/mol. The van der Waals surface area contributed by atoms with Gasteiger partial charge in [-0.2, -0.15) is 0 Å². The third kappa shape index (κ3) is 0.956. The molecule has 1 nitrogen and oxygen atoms in total. The maximum atomic E-state index is 4.10. The van der Waals surface area contributed by atoms with Crippen LogP contribution >= 0.6 is 11.3 Å². The number of fused-ring (bicyclic) bond motifs is 3. The number of hydrogen-bond acceptors (Lipinski definition) is 2. The Labute approximate surface area is 79.7 Å². The maximum Gasteiger partial charge on any atom is 0.0538 e. The Morgan fingerprint density at radius 2 is 2.23 bits per heavy atom. The van der Waals surface area contributed by atoms with Crippen LogP contribution in [0.4, 0.5) is 0 Å². The van der Waals surface area contributed by atoms with Crippen molar-refractivity contribution in [2.75, 3.05) is 0 Å². The van der Waals surface area contributed by atoms with Crippen LogP contribution in [0.15, 0.2) is 36.7 Å². The van der Waals surface area contributed by atoms with Gasteiger partial charge in [0, 0.05) is 33.9 Å². The van der Waals surface area contributed by atoms with Crippen LogP contribution in [-0.4, -0.2) is 4.98 Å². The van der Waals surface area contributed by atoms with Crippen LogP contribution in [0.5, 0.6) is 0 Å². The van der Waals surface area contributed by atoms with E-state index < -0.39 is 0 Å². The van der Waals surface area contributed by atoms with Gasteiger partial charge in [0.15, 0.2) is 0 Å². The summed E-state index contributed by atoms with van der Waals surface area (Å²) in [5, 5.41) is 2.57. The molecule has 13 heavy (non-hydrogen) atoms. The molecule has 0 amide bonds. The summed E-state index contributed by atoms with van der Waals surface area (Å²) in [4.78, 5) is 4.10. The lowest BCUT2D eigenvalue weighted by Gasteiger charge is -1.87. The van der Waals surface area contributed by atoms with Crippen LogP contribution in [0.1, 0.15) is 0 Å². The first-order valence-corrected chi connectivity index (χ1v) is 4.90. The van der Waals surface area contributed by atoms with Crippen LogP contribution in [0.3, 0.4) is 0 Å². The van der Waals surface area contributed by atoms with E-state index in [2.05, 4.69) is 23.2 Å². The fourth-order valence-corrected chi connectivity index (χ4v) is 2.55. The third-order valence-corrected chi connectivity index (χ3v) is 3.19. The number of hydrogen-bond donors (Lipinski definition) is 0. The van der Waals surface area contributed by atoms with E-state index in [9.17, 15) is 0 Å². The lowest BCUT2D eigenvalue weighted by atomic mass is 10.2. The highest BCUT2D eigenvalue weighted by atomic mass is 32.1. The Bertz CT molecular complexity index is 518. The van der Waals surface area contributed by atoms with E-state index in [-0.39, 0.29) is 0 Å². The highest BCUT2D eigenvalue weighted by Crippen LogP contribution is 2.31. The van der Waals surface area contributed by atoms with Crippen LogP contribution in [0.25, 0.3) is 20.2 Å². The van der Waals surface area contributed by atoms with Gasteiger partial charge in [-0.25, -0.2) is 0 Å². The molecule has 3 rings (SSSR count). The molecule has 0 bridgehead atoms. The molecule has 1 aromatic carbocycles. The molecule has 0 saturated carbocycles. The van der Waals surface area contributed by atoms with Crippen molar-refractivity contribution in [3.8, 4) is 0 Å². The van der Waals surface area contributed by atoms with Crippen LogP contribution in [-0.2, 0) is 0 Å². The molecule has 0 N–H and O–H groups in total. The predicted octanol–water partition coefficient (Wildman–Crippen LogP) is 3.25. The topological polar surface area (TPSA) is 12.9 Å². The van der Waals surface area contributed by atoms with Crippen molar-refractivity contribution in [1.82, 2.24) is 4.98 Å². The van der Waals surface area contributed by atoms with Crippen molar-refractivity contribution in [3.05, 3.63) is 42.7 Å². The summed E-state index contributed by atoms with van der Waals surface area (Å²) in [7, 11) is 0. The van der Waals surface area contributed by atoms with Gasteiger partial charge >= 0.3 is 0 Å². The highest BCUT2D eigenvalue weighted by molar-refractivity contribution is 7.25. The number of thiophene rings is 1. The van der Waals surface area contributed by atoms with Crippen molar-refractivity contribution in [2.45, 2.75) is 0 Å². The minimum absolute atomic E-state index is 1.21. The molecular formula is C11H6NS. The fourth-order valence-electron chi connectivity index (χ4n) is 1.51. The molecule has 1 radical (unpaired) electrons. The molecule has 0 aliphatic heterocycles. The van der Waals surface area contributed by atoms with Gasteiger partial charge in [0.1, 0.15) is 0 Å². The molecule has 0 unspecified atom stereocenters. The smallest absolute Gasteiger partial charge is 0.0538 e. The minimum Gasteiger partial charge on any atom is -0.263 e. The van der Waals surface area contributed by atoms with E-state index in [0.717, 1.165) is 0 Å². The average Bonchev–Trinajstić information content (AvgIpc) is 2.56. The van der Waals surface area contributed by atoms with Gasteiger partial charge in [-0.3, -0.25) is 4.98 Å². The molecule has 0 aliphatic rings. The highest BCUT2D eigenvalue weighted by Gasteiger charge is 2.02. The number of pyridine rings is 1. The Morgan fingerprint density at radius 3 is 3.23 bits per heavy atom. The molecule has 0 atom stereocenters. The summed E-state index contributed by atoms with van der Waals surface area (Å²) in [6.45, 7) is 0. The number of rotatable bonds is 0. The first kappa shape index (κ1) is 7.04. The average molecular weight is 184 g/mol. The maximum absolute atomic E-state index is 4.10. The Balaban J connectivity index is 2.64. The molecule has 0 fully saturated rings. The third-order valence-electron chi connectivity index (χ3n) is 2.10. The summed E-state index contributed by atoms with van der Waals surface area (Å²) in [5.74, 6) is 0. The summed E-state index contributed by atoms with van der Waals surface area (Å²) in [5.41, 5.74) is 0. The number of aromatic nitrogens is 1. The van der Waals surface area contributed by atoms with E-state index in [1.54, 1.807) is 11.3 Å². The number of nitrogens with zero attached hydrogens (tertiary/aromatic N) is 1. The van der Waals surface area contributed by atoms with Crippen molar-refractivity contribution in [3.63, 3.8) is 0 Å². The SMILES string of the molecule is [c]1cccc2c1sc1cnccc12. The first-order valence-electron chi connectivity index (χ1n) is 4.08. The van der Waals surface area contributed by atoms with Gasteiger partial charge in [-0.1, -0.05) is 18.2 Å². The summed E-state index contributed by atoms with van der Waals surface area (Å²) >= 11 is 1.74. The number of benzene rings is 1. The lowest BCUT2D eigenvalue weighted by molar-refractivity contribution is 1.37. The summed E-state index contributed by atoms with van der Waals surface area (Å²) in [6.07, 6.45) is 3.75. The van der Waals surface area contributed by atoms with Gasteiger partial charge in [-0.05, 0) is 6.07 Å². The molecule has 61 valence electrons. The van der Waals surface area contributed by atoms with Gasteiger partial charge in [0.05, 0.1) is 4.70 Å². The predicted molar refractivity (Wildman–Crippen MR) is 56.0 cm³/mol. The van der Waals surface area contributed by atoms with Crippen molar-refractivity contribution in [2.24, 2.45) is 0 Å². The molecule has 3 aromatic rings. The van der Waals surface area contributed by atoms with Crippen LogP contribution < -0.4 is 0 Å². The molecular weight excluding hydrogens is 178 g/mol. The van der Waals surface area contributed by atoms with Crippen molar-refractivity contribution < 1.29 is 0 Å². The van der Waals surface area contributed by atoms with Gasteiger partial charge in [0.25, 0.3) is 0 Å². The second-order valence-electron chi connectivity index (χ2n) is 2.89. The Hall–Kier alpha value is -1.41. The zero-order valence-corrected chi connectivity index (χ0v) is 7.64. The van der Waals surface area contributed by atoms with Crippen molar-refractivity contribution in [1.29, 1.82) is 0 Å². The molecule has 0 spiro atoms. The second kappa shape index (κ2) is 2.54. The van der Waals surface area contributed by atoms with E-state index in [4.69, 9.17) is 0 Å². The fraction of sp³-hybridized carbons (Fsp3) is 0. The standard InChI is InChI=1S/C11H6NS/c1-2-4-10-8(3-1)9-5-6-12-7-11(9)13-10/h1-3,5-7H. The van der Waals surface area contributed by atoms with E-state index >= 15 is 0 Å². The van der Waals surface area contributed by atoms with Gasteiger partial charge < -0.3 is 0 Å². The van der Waals surface area contributed by atoms with Crippen molar-refractivity contribution >= 4 is 31.5 Å². The second-order valence-corrected chi connectivity index (χ2v) is 3.94. The van der Waals surface area contributed by atoms with E-state index in [1.807, 2.05) is 24.5 Å². The molecule has 0 saturated heterocycles.